The Morgan fingerprint density at radius 3 is 2.63 bits per heavy atom. The van der Waals surface area contributed by atoms with Gasteiger partial charge in [-0.05, 0) is 18.2 Å². The van der Waals surface area contributed by atoms with Crippen LogP contribution in [0.4, 0.5) is 5.00 Å². The molecule has 0 atom stereocenters. The van der Waals surface area contributed by atoms with Crippen LogP contribution in [-0.4, -0.2) is 29.6 Å². The number of hydrogen-bond donors (Lipinski definition) is 2. The number of anilines is 1. The van der Waals surface area contributed by atoms with Crippen LogP contribution in [0.25, 0.3) is 11.3 Å². The molecule has 0 unspecified atom stereocenters. The topological polar surface area (TPSA) is 71.1 Å². The van der Waals surface area contributed by atoms with Gasteiger partial charge in [0.25, 0.3) is 5.91 Å². The van der Waals surface area contributed by atoms with E-state index in [4.69, 9.17) is 0 Å². The zero-order valence-corrected chi connectivity index (χ0v) is 17.6. The second kappa shape index (κ2) is 9.16. The lowest BCUT2D eigenvalue weighted by atomic mass is 10.1. The van der Waals surface area contributed by atoms with Crippen LogP contribution in [0.2, 0.25) is 0 Å². The third kappa shape index (κ3) is 5.18. The van der Waals surface area contributed by atoms with Crippen LogP contribution in [-0.2, 0) is 4.79 Å². The van der Waals surface area contributed by atoms with Gasteiger partial charge < -0.3 is 10.6 Å². The van der Waals surface area contributed by atoms with Crippen LogP contribution >= 0.6 is 39.0 Å². The molecule has 2 aromatic carbocycles. The van der Waals surface area contributed by atoms with E-state index in [9.17, 15) is 9.59 Å². The lowest BCUT2D eigenvalue weighted by Gasteiger charge is -2.05. The number of nitrogens with one attached hydrogen (secondary N) is 2. The molecule has 3 aromatic rings. The fourth-order valence-corrected chi connectivity index (χ4v) is 4.58. The standard InChI is InChI=1S/C19H16BrN3O2S2/c1-21-15(24)11-26-19-22-16(12-6-3-2-4-7-12)18(27-19)23-17(25)13-8-5-9-14(20)10-13/h2-10H,11H2,1H3,(H,21,24)(H,23,25). The van der Waals surface area contributed by atoms with Crippen molar-refractivity contribution in [3.63, 3.8) is 0 Å². The quantitative estimate of drug-likeness (QED) is 0.523. The molecule has 138 valence electrons. The molecule has 0 radical (unpaired) electrons. The van der Waals surface area contributed by atoms with Gasteiger partial charge in [-0.15, -0.1) is 0 Å². The second-order valence-corrected chi connectivity index (χ2v) is 8.59. The van der Waals surface area contributed by atoms with Crippen LogP contribution in [0, 0.1) is 0 Å². The molecule has 0 saturated heterocycles. The third-order valence-electron chi connectivity index (χ3n) is 3.57. The van der Waals surface area contributed by atoms with Gasteiger partial charge in [0.2, 0.25) is 5.91 Å². The summed E-state index contributed by atoms with van der Waals surface area (Å²) in [5.74, 6) is -0.00627. The maximum absolute atomic E-state index is 12.6. The van der Waals surface area contributed by atoms with Crippen molar-refractivity contribution < 1.29 is 9.59 Å². The van der Waals surface area contributed by atoms with Gasteiger partial charge in [-0.2, -0.15) is 0 Å². The Kier molecular flexibility index (Phi) is 6.65. The second-order valence-electron chi connectivity index (χ2n) is 5.45. The van der Waals surface area contributed by atoms with E-state index >= 15 is 0 Å². The number of nitrogens with zero attached hydrogens (tertiary/aromatic N) is 1. The SMILES string of the molecule is CNC(=O)CSc1nc(-c2ccccc2)c(NC(=O)c2cccc(Br)c2)s1. The smallest absolute Gasteiger partial charge is 0.256 e. The lowest BCUT2D eigenvalue weighted by Crippen LogP contribution is -2.19. The van der Waals surface area contributed by atoms with Gasteiger partial charge in [0, 0.05) is 22.6 Å². The summed E-state index contributed by atoms with van der Waals surface area (Å²) in [5.41, 5.74) is 2.16. The summed E-state index contributed by atoms with van der Waals surface area (Å²) >= 11 is 6.09. The molecule has 0 fully saturated rings. The van der Waals surface area contributed by atoms with Crippen molar-refractivity contribution in [3.8, 4) is 11.3 Å². The van der Waals surface area contributed by atoms with Crippen molar-refractivity contribution in [1.82, 2.24) is 10.3 Å². The molecule has 0 bridgehead atoms. The first-order valence-corrected chi connectivity index (χ1v) is 10.6. The number of thiazole rings is 1. The van der Waals surface area contributed by atoms with E-state index in [2.05, 4.69) is 31.5 Å². The molecule has 8 heteroatoms. The summed E-state index contributed by atoms with van der Waals surface area (Å²) in [7, 11) is 1.60. The first-order valence-electron chi connectivity index (χ1n) is 8.03. The van der Waals surface area contributed by atoms with Gasteiger partial charge in [0.15, 0.2) is 4.34 Å². The number of rotatable bonds is 6. The van der Waals surface area contributed by atoms with Crippen LogP contribution in [0.15, 0.2) is 63.4 Å². The highest BCUT2D eigenvalue weighted by molar-refractivity contribution is 9.10. The van der Waals surface area contributed by atoms with Crippen molar-refractivity contribution in [2.45, 2.75) is 4.34 Å². The molecule has 0 aliphatic heterocycles. The van der Waals surface area contributed by atoms with E-state index < -0.39 is 0 Å². The molecule has 1 heterocycles. The maximum atomic E-state index is 12.6. The molecule has 1 aromatic heterocycles. The lowest BCUT2D eigenvalue weighted by molar-refractivity contribution is -0.118. The van der Waals surface area contributed by atoms with Crippen LogP contribution in [0.1, 0.15) is 10.4 Å². The zero-order valence-electron chi connectivity index (χ0n) is 14.4. The molecule has 2 N–H and O–H groups in total. The fourth-order valence-electron chi connectivity index (χ4n) is 2.24. The van der Waals surface area contributed by atoms with E-state index in [-0.39, 0.29) is 17.6 Å². The molecule has 0 saturated carbocycles. The van der Waals surface area contributed by atoms with E-state index in [0.717, 1.165) is 14.4 Å². The summed E-state index contributed by atoms with van der Waals surface area (Å²) in [6.07, 6.45) is 0. The van der Waals surface area contributed by atoms with Gasteiger partial charge >= 0.3 is 0 Å². The number of thioether (sulfide) groups is 1. The van der Waals surface area contributed by atoms with Crippen molar-refractivity contribution in [2.75, 3.05) is 18.1 Å². The van der Waals surface area contributed by atoms with Crippen molar-refractivity contribution in [3.05, 3.63) is 64.6 Å². The number of carbonyl (C=O) groups is 2. The largest absolute Gasteiger partial charge is 0.358 e. The van der Waals surface area contributed by atoms with Crippen molar-refractivity contribution in [2.24, 2.45) is 0 Å². The highest BCUT2D eigenvalue weighted by Crippen LogP contribution is 2.37. The predicted molar refractivity (Wildman–Crippen MR) is 114 cm³/mol. The molecule has 27 heavy (non-hydrogen) atoms. The summed E-state index contributed by atoms with van der Waals surface area (Å²) in [4.78, 5) is 28.8. The first-order chi connectivity index (χ1) is 13.1. The number of hydrogen-bond acceptors (Lipinski definition) is 5. The number of amides is 2. The van der Waals surface area contributed by atoms with E-state index in [1.807, 2.05) is 42.5 Å². The molecule has 0 spiro atoms. The number of aromatic nitrogens is 1. The minimum absolute atomic E-state index is 0.0730. The number of halogens is 1. The van der Waals surface area contributed by atoms with E-state index in [0.29, 0.717) is 16.3 Å². The normalized spacial score (nSPS) is 10.4. The molecule has 2 amide bonds. The van der Waals surface area contributed by atoms with Gasteiger partial charge in [0.05, 0.1) is 5.75 Å². The summed E-state index contributed by atoms with van der Waals surface area (Å²) in [6.45, 7) is 0. The minimum atomic E-state index is -0.208. The summed E-state index contributed by atoms with van der Waals surface area (Å²) < 4.78 is 1.56. The number of benzene rings is 2. The highest BCUT2D eigenvalue weighted by Gasteiger charge is 2.17. The molecule has 3 rings (SSSR count). The van der Waals surface area contributed by atoms with Gasteiger partial charge in [-0.25, -0.2) is 4.98 Å². The molecule has 0 aliphatic carbocycles. The Morgan fingerprint density at radius 2 is 1.93 bits per heavy atom. The molecule has 0 aliphatic rings. The Balaban J connectivity index is 1.88. The Bertz CT molecular complexity index is 961. The zero-order chi connectivity index (χ0) is 19.2. The predicted octanol–water partition coefficient (Wildman–Crippen LogP) is 4.66. The monoisotopic (exact) mass is 461 g/mol. The van der Waals surface area contributed by atoms with Crippen LogP contribution < -0.4 is 10.6 Å². The van der Waals surface area contributed by atoms with Crippen molar-refractivity contribution in [1.29, 1.82) is 0 Å². The first kappa shape index (κ1) is 19.6. The Labute approximate surface area is 173 Å². The summed E-state index contributed by atoms with van der Waals surface area (Å²) in [5, 5.41) is 6.21. The minimum Gasteiger partial charge on any atom is -0.358 e. The van der Waals surface area contributed by atoms with Crippen LogP contribution in [0.5, 0.6) is 0 Å². The average Bonchev–Trinajstić information content (AvgIpc) is 3.09. The molecular formula is C19H16BrN3O2S2. The Morgan fingerprint density at radius 1 is 1.15 bits per heavy atom. The maximum Gasteiger partial charge on any atom is 0.256 e. The molecular weight excluding hydrogens is 446 g/mol. The van der Waals surface area contributed by atoms with Gasteiger partial charge in [0.1, 0.15) is 10.7 Å². The number of carbonyl (C=O) groups excluding carboxylic acids is 2. The average molecular weight is 462 g/mol. The fraction of sp³-hybridized carbons (Fsp3) is 0.105. The molecule has 5 nitrogen and oxygen atoms in total. The van der Waals surface area contributed by atoms with E-state index in [1.165, 1.54) is 23.1 Å². The Hall–Kier alpha value is -2.16. The summed E-state index contributed by atoms with van der Waals surface area (Å²) in [6, 6.07) is 16.9. The highest BCUT2D eigenvalue weighted by atomic mass is 79.9. The van der Waals surface area contributed by atoms with Crippen LogP contribution in [0.3, 0.4) is 0 Å². The van der Waals surface area contributed by atoms with Gasteiger partial charge in [-0.3, -0.25) is 9.59 Å². The van der Waals surface area contributed by atoms with Crippen molar-refractivity contribution >= 4 is 55.8 Å². The van der Waals surface area contributed by atoms with E-state index in [1.54, 1.807) is 19.2 Å². The third-order valence-corrected chi connectivity index (χ3v) is 6.18. The van der Waals surface area contributed by atoms with Gasteiger partial charge in [-0.1, -0.05) is 75.4 Å².